The first kappa shape index (κ1) is 22.1. The maximum absolute atomic E-state index is 13.0. The molecule has 2 amide bonds. The summed E-state index contributed by atoms with van der Waals surface area (Å²) in [5.74, 6) is -1.69. The fourth-order valence-electron chi connectivity index (χ4n) is 3.31. The molecule has 0 saturated carbocycles. The lowest BCUT2D eigenvalue weighted by Gasteiger charge is -2.28. The molecule has 0 radical (unpaired) electrons. The molecule has 0 saturated heterocycles. The van der Waals surface area contributed by atoms with Gasteiger partial charge < -0.3 is 19.4 Å². The number of carbonyl (C=O) groups excluding carboxylic acids is 3. The van der Waals surface area contributed by atoms with Crippen LogP contribution in [-0.4, -0.2) is 42.4 Å². The monoisotopic (exact) mass is 422 g/mol. The second-order valence-corrected chi connectivity index (χ2v) is 7.01. The van der Waals surface area contributed by atoms with E-state index in [0.717, 1.165) is 12.8 Å². The third-order valence-electron chi connectivity index (χ3n) is 4.79. The molecule has 162 valence electrons. The predicted octanol–water partition coefficient (Wildman–Crippen LogP) is 2.54. The van der Waals surface area contributed by atoms with E-state index in [4.69, 9.17) is 9.47 Å². The maximum Gasteiger partial charge on any atom is 0.261 e. The van der Waals surface area contributed by atoms with Crippen LogP contribution in [0, 0.1) is 0 Å². The van der Waals surface area contributed by atoms with Crippen molar-refractivity contribution in [2.45, 2.75) is 26.7 Å². The molecule has 7 heteroatoms. The van der Waals surface area contributed by atoms with E-state index in [1.54, 1.807) is 48.5 Å². The zero-order valence-corrected chi connectivity index (χ0v) is 17.6. The van der Waals surface area contributed by atoms with Crippen LogP contribution >= 0.6 is 0 Å². The van der Waals surface area contributed by atoms with Gasteiger partial charge in [0.2, 0.25) is 0 Å². The number of imide groups is 1. The molecule has 0 spiro atoms. The number of aliphatic carboxylic acids is 1. The Labute approximate surface area is 180 Å². The SMILES string of the molecule is CCCCOc1ccc(/C=C2\C(=O)N(CC(=O)[O-])C(=O)c3ccccc32)cc1OCC. The van der Waals surface area contributed by atoms with E-state index in [0.29, 0.717) is 40.7 Å². The highest BCUT2D eigenvalue weighted by Crippen LogP contribution is 2.33. The zero-order chi connectivity index (χ0) is 22.4. The first-order valence-corrected chi connectivity index (χ1v) is 10.2. The lowest BCUT2D eigenvalue weighted by atomic mass is 9.92. The highest BCUT2D eigenvalue weighted by molar-refractivity contribution is 6.34. The van der Waals surface area contributed by atoms with Gasteiger partial charge in [0.05, 0.1) is 25.7 Å². The van der Waals surface area contributed by atoms with Crippen LogP contribution in [0.1, 0.15) is 48.2 Å². The van der Waals surface area contributed by atoms with Gasteiger partial charge in [-0.2, -0.15) is 0 Å². The van der Waals surface area contributed by atoms with Crippen molar-refractivity contribution in [1.82, 2.24) is 4.90 Å². The van der Waals surface area contributed by atoms with Gasteiger partial charge in [-0.3, -0.25) is 14.5 Å². The van der Waals surface area contributed by atoms with E-state index in [-0.39, 0.29) is 11.1 Å². The van der Waals surface area contributed by atoms with Crippen LogP contribution in [0.5, 0.6) is 11.5 Å². The van der Waals surface area contributed by atoms with Crippen molar-refractivity contribution in [2.75, 3.05) is 19.8 Å². The summed E-state index contributed by atoms with van der Waals surface area (Å²) in [6, 6.07) is 11.9. The lowest BCUT2D eigenvalue weighted by Crippen LogP contribution is -2.47. The molecule has 0 bridgehead atoms. The molecule has 0 aliphatic carbocycles. The van der Waals surface area contributed by atoms with Crippen molar-refractivity contribution >= 4 is 29.4 Å². The van der Waals surface area contributed by atoms with Crippen molar-refractivity contribution in [3.63, 3.8) is 0 Å². The van der Waals surface area contributed by atoms with Gasteiger partial charge in [0.25, 0.3) is 11.8 Å². The predicted molar refractivity (Wildman–Crippen MR) is 113 cm³/mol. The fraction of sp³-hybridized carbons (Fsp3) is 0.292. The third-order valence-corrected chi connectivity index (χ3v) is 4.79. The molecule has 1 aliphatic heterocycles. The van der Waals surface area contributed by atoms with Crippen molar-refractivity contribution < 1.29 is 29.0 Å². The minimum atomic E-state index is -1.51. The molecule has 0 unspecified atom stereocenters. The summed E-state index contributed by atoms with van der Waals surface area (Å²) >= 11 is 0. The highest BCUT2D eigenvalue weighted by atomic mass is 16.5. The number of unbranched alkanes of at least 4 members (excludes halogenated alkanes) is 1. The second kappa shape index (κ2) is 9.93. The number of hydrogen-bond donors (Lipinski definition) is 0. The number of nitrogens with zero attached hydrogens (tertiary/aromatic N) is 1. The Balaban J connectivity index is 2.03. The number of hydrogen-bond acceptors (Lipinski definition) is 6. The largest absolute Gasteiger partial charge is 0.548 e. The van der Waals surface area contributed by atoms with Crippen LogP contribution in [0.15, 0.2) is 42.5 Å². The van der Waals surface area contributed by atoms with Crippen LogP contribution in [0.25, 0.3) is 11.6 Å². The molecule has 0 fully saturated rings. The fourth-order valence-corrected chi connectivity index (χ4v) is 3.31. The number of fused-ring (bicyclic) bond motifs is 1. The van der Waals surface area contributed by atoms with E-state index in [9.17, 15) is 19.5 Å². The van der Waals surface area contributed by atoms with Gasteiger partial charge in [-0.05, 0) is 48.7 Å². The van der Waals surface area contributed by atoms with Crippen LogP contribution in [0.4, 0.5) is 0 Å². The number of carbonyl (C=O) groups is 3. The van der Waals surface area contributed by atoms with E-state index in [1.165, 1.54) is 0 Å². The number of rotatable bonds is 9. The summed E-state index contributed by atoms with van der Waals surface area (Å²) in [4.78, 5) is 37.4. The van der Waals surface area contributed by atoms with Crippen LogP contribution in [0.2, 0.25) is 0 Å². The normalized spacial score (nSPS) is 14.5. The first-order valence-electron chi connectivity index (χ1n) is 10.2. The summed E-state index contributed by atoms with van der Waals surface area (Å²) in [6.45, 7) is 4.15. The molecule has 7 nitrogen and oxygen atoms in total. The van der Waals surface area contributed by atoms with Gasteiger partial charge in [-0.25, -0.2) is 0 Å². The molecule has 1 heterocycles. The summed E-state index contributed by atoms with van der Waals surface area (Å²) < 4.78 is 11.5. The quantitative estimate of drug-likeness (QED) is 0.350. The molecule has 0 atom stereocenters. The summed E-state index contributed by atoms with van der Waals surface area (Å²) in [5, 5.41) is 11.1. The van der Waals surface area contributed by atoms with Crippen molar-refractivity contribution in [3.8, 4) is 11.5 Å². The summed E-state index contributed by atoms with van der Waals surface area (Å²) in [7, 11) is 0. The van der Waals surface area contributed by atoms with E-state index < -0.39 is 24.3 Å². The van der Waals surface area contributed by atoms with Crippen molar-refractivity contribution in [1.29, 1.82) is 0 Å². The van der Waals surface area contributed by atoms with E-state index in [1.807, 2.05) is 6.92 Å². The minimum Gasteiger partial charge on any atom is -0.548 e. The lowest BCUT2D eigenvalue weighted by molar-refractivity contribution is -0.305. The Kier molecular flexibility index (Phi) is 7.07. The average Bonchev–Trinajstić information content (AvgIpc) is 2.76. The van der Waals surface area contributed by atoms with Gasteiger partial charge >= 0.3 is 0 Å². The number of benzene rings is 2. The summed E-state index contributed by atoms with van der Waals surface area (Å²) in [6.07, 6.45) is 3.55. The number of carboxylic acids is 1. The molecule has 1 aliphatic rings. The maximum atomic E-state index is 13.0. The smallest absolute Gasteiger partial charge is 0.261 e. The highest BCUT2D eigenvalue weighted by Gasteiger charge is 2.34. The Morgan fingerprint density at radius 1 is 1.00 bits per heavy atom. The second-order valence-electron chi connectivity index (χ2n) is 7.01. The Morgan fingerprint density at radius 3 is 2.42 bits per heavy atom. The van der Waals surface area contributed by atoms with Gasteiger partial charge in [-0.15, -0.1) is 0 Å². The van der Waals surface area contributed by atoms with E-state index in [2.05, 4.69) is 6.92 Å². The zero-order valence-electron chi connectivity index (χ0n) is 17.6. The molecular formula is C24H24NO6-. The molecule has 0 aromatic heterocycles. The third kappa shape index (κ3) is 4.94. The standard InChI is InChI=1S/C24H25NO6/c1-3-5-12-31-20-11-10-16(14-21(20)30-4-2)13-19-17-8-6-7-9-18(17)23(28)25(24(19)29)15-22(26)27/h6-11,13-14H,3-5,12,15H2,1-2H3,(H,26,27)/p-1/b19-13-. The Bertz CT molecular complexity index is 1030. The number of carboxylic acid groups (broad SMARTS) is 1. The Morgan fingerprint density at radius 2 is 1.74 bits per heavy atom. The van der Waals surface area contributed by atoms with Crippen LogP contribution in [0.3, 0.4) is 0 Å². The van der Waals surface area contributed by atoms with Crippen molar-refractivity contribution in [3.05, 3.63) is 59.2 Å². The first-order chi connectivity index (χ1) is 15.0. The van der Waals surface area contributed by atoms with Crippen molar-refractivity contribution in [2.24, 2.45) is 0 Å². The topological polar surface area (TPSA) is 96.0 Å². The molecule has 2 aromatic carbocycles. The van der Waals surface area contributed by atoms with Crippen LogP contribution in [-0.2, 0) is 9.59 Å². The molecule has 0 N–H and O–H groups in total. The number of amides is 2. The molecule has 2 aromatic rings. The molecular weight excluding hydrogens is 398 g/mol. The minimum absolute atomic E-state index is 0.221. The molecule has 3 rings (SSSR count). The van der Waals surface area contributed by atoms with Gasteiger partial charge in [0, 0.05) is 11.1 Å². The Hall–Kier alpha value is -3.61. The summed E-state index contributed by atoms with van der Waals surface area (Å²) in [5.41, 5.74) is 1.60. The average molecular weight is 422 g/mol. The van der Waals surface area contributed by atoms with Crippen LogP contribution < -0.4 is 14.6 Å². The van der Waals surface area contributed by atoms with Gasteiger partial charge in [0.15, 0.2) is 11.5 Å². The van der Waals surface area contributed by atoms with Gasteiger partial charge in [-0.1, -0.05) is 37.6 Å². The number of ether oxygens (including phenoxy) is 2. The molecule has 31 heavy (non-hydrogen) atoms. The van der Waals surface area contributed by atoms with E-state index >= 15 is 0 Å². The van der Waals surface area contributed by atoms with Gasteiger partial charge in [0.1, 0.15) is 0 Å².